The van der Waals surface area contributed by atoms with Gasteiger partial charge in [-0.1, -0.05) is 20.3 Å². The van der Waals surface area contributed by atoms with Crippen LogP contribution in [0.25, 0.3) is 0 Å². The molecule has 0 spiro atoms. The van der Waals surface area contributed by atoms with Crippen LogP contribution in [0, 0.1) is 5.92 Å². The van der Waals surface area contributed by atoms with Crippen molar-refractivity contribution >= 4 is 11.8 Å². The molecule has 0 bridgehead atoms. The second-order valence-corrected chi connectivity index (χ2v) is 3.88. The Morgan fingerprint density at radius 1 is 1.50 bits per heavy atom. The molecule has 4 heteroatoms. The van der Waals surface area contributed by atoms with E-state index in [0.717, 1.165) is 13.0 Å². The molecule has 1 N–H and O–H groups in total. The smallest absolute Gasteiger partial charge is 0.241 e. The molecule has 1 fully saturated rings. The number of rotatable bonds is 3. The van der Waals surface area contributed by atoms with Crippen LogP contribution in [-0.2, 0) is 9.59 Å². The average Bonchev–Trinajstić information content (AvgIpc) is 2.33. The second-order valence-electron chi connectivity index (χ2n) is 3.88. The number of amides is 2. The van der Waals surface area contributed by atoms with Crippen molar-refractivity contribution in [2.45, 2.75) is 26.7 Å². The minimum atomic E-state index is -0.0231. The first-order chi connectivity index (χ1) is 6.63. The summed E-state index contributed by atoms with van der Waals surface area (Å²) in [5, 5.41) is 2.59. The molecule has 80 valence electrons. The molecule has 1 unspecified atom stereocenters. The van der Waals surface area contributed by atoms with E-state index in [-0.39, 0.29) is 18.4 Å². The van der Waals surface area contributed by atoms with Crippen molar-refractivity contribution in [2.24, 2.45) is 5.92 Å². The SMILES string of the molecule is CCC(C)CN1CCC(=O)NCC1=O. The van der Waals surface area contributed by atoms with Crippen LogP contribution in [0.5, 0.6) is 0 Å². The van der Waals surface area contributed by atoms with Gasteiger partial charge in [-0.3, -0.25) is 9.59 Å². The second kappa shape index (κ2) is 4.98. The van der Waals surface area contributed by atoms with Crippen molar-refractivity contribution in [3.63, 3.8) is 0 Å². The van der Waals surface area contributed by atoms with Gasteiger partial charge in [0.15, 0.2) is 0 Å². The summed E-state index contributed by atoms with van der Waals surface area (Å²) in [6.45, 7) is 5.72. The highest BCUT2D eigenvalue weighted by Crippen LogP contribution is 2.06. The lowest BCUT2D eigenvalue weighted by Gasteiger charge is -2.22. The van der Waals surface area contributed by atoms with Crippen molar-refractivity contribution in [3.05, 3.63) is 0 Å². The molecule has 1 aliphatic rings. The fourth-order valence-corrected chi connectivity index (χ4v) is 1.43. The fraction of sp³-hybridized carbons (Fsp3) is 0.800. The summed E-state index contributed by atoms with van der Waals surface area (Å²) in [5.41, 5.74) is 0. The maximum Gasteiger partial charge on any atom is 0.241 e. The first-order valence-electron chi connectivity index (χ1n) is 5.18. The summed E-state index contributed by atoms with van der Waals surface area (Å²) in [7, 11) is 0. The first-order valence-corrected chi connectivity index (χ1v) is 5.18. The van der Waals surface area contributed by atoms with E-state index in [2.05, 4.69) is 19.2 Å². The minimum absolute atomic E-state index is 0.0231. The zero-order valence-corrected chi connectivity index (χ0v) is 8.88. The Morgan fingerprint density at radius 3 is 2.86 bits per heavy atom. The van der Waals surface area contributed by atoms with Gasteiger partial charge in [-0.2, -0.15) is 0 Å². The summed E-state index contributed by atoms with van der Waals surface area (Å²) in [5.74, 6) is 0.522. The summed E-state index contributed by atoms with van der Waals surface area (Å²) in [6, 6.07) is 0. The van der Waals surface area contributed by atoms with E-state index in [1.807, 2.05) is 0 Å². The van der Waals surface area contributed by atoms with Gasteiger partial charge in [0.25, 0.3) is 0 Å². The summed E-state index contributed by atoms with van der Waals surface area (Å²) >= 11 is 0. The molecular formula is C10H18N2O2. The van der Waals surface area contributed by atoms with Crippen molar-refractivity contribution in [1.29, 1.82) is 0 Å². The molecule has 2 amide bonds. The lowest BCUT2D eigenvalue weighted by molar-refractivity contribution is -0.130. The highest BCUT2D eigenvalue weighted by Gasteiger charge is 2.20. The van der Waals surface area contributed by atoms with E-state index in [1.54, 1.807) is 4.90 Å². The van der Waals surface area contributed by atoms with Crippen LogP contribution in [0.2, 0.25) is 0 Å². The Balaban J connectivity index is 2.49. The molecule has 1 atom stereocenters. The van der Waals surface area contributed by atoms with E-state index in [1.165, 1.54) is 0 Å². The molecular weight excluding hydrogens is 180 g/mol. The van der Waals surface area contributed by atoms with Crippen LogP contribution in [0.15, 0.2) is 0 Å². The van der Waals surface area contributed by atoms with Gasteiger partial charge < -0.3 is 10.2 Å². The van der Waals surface area contributed by atoms with Crippen LogP contribution in [0.4, 0.5) is 0 Å². The number of nitrogens with one attached hydrogen (secondary N) is 1. The minimum Gasteiger partial charge on any atom is -0.347 e. The molecule has 0 aromatic heterocycles. The molecule has 0 radical (unpaired) electrons. The molecule has 0 saturated carbocycles. The predicted molar refractivity (Wildman–Crippen MR) is 53.7 cm³/mol. The number of hydrogen-bond donors (Lipinski definition) is 1. The van der Waals surface area contributed by atoms with Gasteiger partial charge in [-0.05, 0) is 5.92 Å². The summed E-state index contributed by atoms with van der Waals surface area (Å²) in [6.07, 6.45) is 1.49. The Labute approximate surface area is 84.7 Å². The third-order valence-electron chi connectivity index (χ3n) is 2.63. The van der Waals surface area contributed by atoms with E-state index in [4.69, 9.17) is 0 Å². The molecule has 4 nitrogen and oxygen atoms in total. The van der Waals surface area contributed by atoms with Crippen LogP contribution < -0.4 is 5.32 Å². The predicted octanol–water partition coefficient (Wildman–Crippen LogP) is 0.381. The third-order valence-corrected chi connectivity index (χ3v) is 2.63. The van der Waals surface area contributed by atoms with Crippen molar-refractivity contribution in [1.82, 2.24) is 10.2 Å². The summed E-state index contributed by atoms with van der Waals surface area (Å²) in [4.78, 5) is 24.3. The lowest BCUT2D eigenvalue weighted by Crippen LogP contribution is -2.37. The largest absolute Gasteiger partial charge is 0.347 e. The van der Waals surface area contributed by atoms with E-state index in [9.17, 15) is 9.59 Å². The molecule has 0 aromatic rings. The molecule has 1 heterocycles. The van der Waals surface area contributed by atoms with Gasteiger partial charge in [0.1, 0.15) is 0 Å². The van der Waals surface area contributed by atoms with Crippen molar-refractivity contribution < 1.29 is 9.59 Å². The molecule has 14 heavy (non-hydrogen) atoms. The first kappa shape index (κ1) is 11.0. The number of hydrogen-bond acceptors (Lipinski definition) is 2. The van der Waals surface area contributed by atoms with Gasteiger partial charge in [0.2, 0.25) is 11.8 Å². The topological polar surface area (TPSA) is 49.4 Å². The maximum absolute atomic E-state index is 11.5. The Bertz CT molecular complexity index is 228. The highest BCUT2D eigenvalue weighted by molar-refractivity contribution is 5.87. The maximum atomic E-state index is 11.5. The van der Waals surface area contributed by atoms with Gasteiger partial charge in [-0.25, -0.2) is 0 Å². The summed E-state index contributed by atoms with van der Waals surface area (Å²) < 4.78 is 0. The van der Waals surface area contributed by atoms with Crippen LogP contribution in [-0.4, -0.2) is 36.3 Å². The van der Waals surface area contributed by atoms with Gasteiger partial charge in [0.05, 0.1) is 6.54 Å². The standard InChI is InChI=1S/C10H18N2O2/c1-3-8(2)7-12-5-4-9(13)11-6-10(12)14/h8H,3-7H2,1-2H3,(H,11,13). The molecule has 0 aromatic carbocycles. The van der Waals surface area contributed by atoms with E-state index < -0.39 is 0 Å². The Hall–Kier alpha value is -1.06. The van der Waals surface area contributed by atoms with E-state index >= 15 is 0 Å². The van der Waals surface area contributed by atoms with Gasteiger partial charge in [-0.15, -0.1) is 0 Å². The Kier molecular flexibility index (Phi) is 3.92. The van der Waals surface area contributed by atoms with Crippen molar-refractivity contribution in [2.75, 3.05) is 19.6 Å². The zero-order chi connectivity index (χ0) is 10.6. The average molecular weight is 198 g/mol. The zero-order valence-electron chi connectivity index (χ0n) is 8.88. The lowest BCUT2D eigenvalue weighted by atomic mass is 10.1. The molecule has 0 aliphatic carbocycles. The quantitative estimate of drug-likeness (QED) is 0.712. The van der Waals surface area contributed by atoms with Gasteiger partial charge >= 0.3 is 0 Å². The molecule has 1 aliphatic heterocycles. The van der Waals surface area contributed by atoms with Crippen LogP contribution >= 0.6 is 0 Å². The number of carbonyl (C=O) groups excluding carboxylic acids is 2. The van der Waals surface area contributed by atoms with Gasteiger partial charge in [0, 0.05) is 19.5 Å². The molecule has 1 saturated heterocycles. The number of nitrogens with zero attached hydrogens (tertiary/aromatic N) is 1. The molecule has 1 rings (SSSR count). The normalized spacial score (nSPS) is 20.3. The highest BCUT2D eigenvalue weighted by atomic mass is 16.2. The fourth-order valence-electron chi connectivity index (χ4n) is 1.43. The van der Waals surface area contributed by atoms with Crippen LogP contribution in [0.3, 0.4) is 0 Å². The Morgan fingerprint density at radius 2 is 2.21 bits per heavy atom. The third kappa shape index (κ3) is 3.01. The van der Waals surface area contributed by atoms with Crippen LogP contribution in [0.1, 0.15) is 26.7 Å². The number of carbonyl (C=O) groups is 2. The van der Waals surface area contributed by atoms with Crippen molar-refractivity contribution in [3.8, 4) is 0 Å². The van der Waals surface area contributed by atoms with E-state index in [0.29, 0.717) is 18.9 Å². The monoisotopic (exact) mass is 198 g/mol.